The molecule has 104 valence electrons. The molecule has 2 aromatic rings. The van der Waals surface area contributed by atoms with Crippen LogP contribution in [0, 0.1) is 12.7 Å². The highest BCUT2D eigenvalue weighted by Crippen LogP contribution is 2.41. The van der Waals surface area contributed by atoms with Crippen LogP contribution in [0.2, 0.25) is 0 Å². The fourth-order valence-corrected chi connectivity index (χ4v) is 2.95. The topological polar surface area (TPSA) is 35.2 Å². The number of nitrogens with two attached hydrogens (primary N) is 1. The van der Waals surface area contributed by atoms with Crippen LogP contribution in [0.1, 0.15) is 35.3 Å². The smallest absolute Gasteiger partial charge is 0.130 e. The van der Waals surface area contributed by atoms with Crippen LogP contribution in [-0.4, -0.2) is 0 Å². The second-order valence-corrected chi connectivity index (χ2v) is 6.07. The quantitative estimate of drug-likeness (QED) is 0.837. The Labute approximate surface area is 125 Å². The molecule has 3 rings (SSSR count). The second-order valence-electron chi connectivity index (χ2n) is 5.16. The summed E-state index contributed by atoms with van der Waals surface area (Å²) in [5.74, 6) is 0.486. The van der Waals surface area contributed by atoms with E-state index in [1.165, 1.54) is 6.07 Å². The van der Waals surface area contributed by atoms with Crippen LogP contribution >= 0.6 is 15.9 Å². The number of halogens is 2. The van der Waals surface area contributed by atoms with Crippen molar-refractivity contribution in [2.45, 2.75) is 25.5 Å². The van der Waals surface area contributed by atoms with Crippen molar-refractivity contribution in [3.05, 3.63) is 63.4 Å². The van der Waals surface area contributed by atoms with Crippen LogP contribution in [0.25, 0.3) is 0 Å². The number of benzene rings is 2. The predicted octanol–water partition coefficient (Wildman–Crippen LogP) is 4.42. The molecule has 1 heterocycles. The summed E-state index contributed by atoms with van der Waals surface area (Å²) in [5.41, 5.74) is 8.90. The number of hydrogen-bond acceptors (Lipinski definition) is 2. The molecular formula is C16H15BrFNO. The SMILES string of the molecule is Cc1ccc2c(c1)[C@@H](N)CC(c1cc(Br)ccc1F)O2. The van der Waals surface area contributed by atoms with Gasteiger partial charge in [0.1, 0.15) is 17.7 Å². The molecule has 2 N–H and O–H groups in total. The maximum Gasteiger partial charge on any atom is 0.130 e. The molecule has 20 heavy (non-hydrogen) atoms. The van der Waals surface area contributed by atoms with Crippen molar-refractivity contribution < 1.29 is 9.13 Å². The number of aryl methyl sites for hydroxylation is 1. The molecular weight excluding hydrogens is 321 g/mol. The predicted molar refractivity (Wildman–Crippen MR) is 80.2 cm³/mol. The third kappa shape index (κ3) is 2.45. The molecule has 0 aromatic heterocycles. The summed E-state index contributed by atoms with van der Waals surface area (Å²) in [6.45, 7) is 2.02. The summed E-state index contributed by atoms with van der Waals surface area (Å²) in [5, 5.41) is 0. The standard InChI is InChI=1S/C16H15BrFNO/c1-9-2-5-15-12(6-9)14(19)8-16(20-15)11-7-10(17)3-4-13(11)18/h2-7,14,16H,8,19H2,1H3/t14-,16?/m0/s1. The molecule has 0 bridgehead atoms. The minimum Gasteiger partial charge on any atom is -0.485 e. The van der Waals surface area contributed by atoms with E-state index >= 15 is 0 Å². The molecule has 1 aliphatic heterocycles. The Kier molecular flexibility index (Phi) is 3.52. The largest absolute Gasteiger partial charge is 0.485 e. The van der Waals surface area contributed by atoms with E-state index < -0.39 is 0 Å². The zero-order chi connectivity index (χ0) is 14.3. The Morgan fingerprint density at radius 3 is 2.80 bits per heavy atom. The van der Waals surface area contributed by atoms with Crippen molar-refractivity contribution in [3.8, 4) is 5.75 Å². The molecule has 0 saturated carbocycles. The van der Waals surface area contributed by atoms with Crippen molar-refractivity contribution >= 4 is 15.9 Å². The van der Waals surface area contributed by atoms with Gasteiger partial charge in [-0.15, -0.1) is 0 Å². The lowest BCUT2D eigenvalue weighted by molar-refractivity contribution is 0.157. The van der Waals surface area contributed by atoms with Gasteiger partial charge in [0.25, 0.3) is 0 Å². The molecule has 0 radical (unpaired) electrons. The highest BCUT2D eigenvalue weighted by molar-refractivity contribution is 9.10. The van der Waals surface area contributed by atoms with Gasteiger partial charge in [-0.1, -0.05) is 33.6 Å². The summed E-state index contributed by atoms with van der Waals surface area (Å²) < 4.78 is 20.8. The van der Waals surface area contributed by atoms with Crippen LogP contribution in [-0.2, 0) is 0 Å². The van der Waals surface area contributed by atoms with Crippen molar-refractivity contribution in [2.75, 3.05) is 0 Å². The summed E-state index contributed by atoms with van der Waals surface area (Å²) in [6.07, 6.45) is 0.224. The van der Waals surface area contributed by atoms with Gasteiger partial charge < -0.3 is 10.5 Å². The van der Waals surface area contributed by atoms with Crippen LogP contribution in [0.3, 0.4) is 0 Å². The lowest BCUT2D eigenvalue weighted by atomic mass is 9.92. The van der Waals surface area contributed by atoms with Crippen LogP contribution in [0.4, 0.5) is 4.39 Å². The van der Waals surface area contributed by atoms with E-state index in [-0.39, 0.29) is 18.0 Å². The summed E-state index contributed by atoms with van der Waals surface area (Å²) in [7, 11) is 0. The fourth-order valence-electron chi connectivity index (χ4n) is 2.58. The van der Waals surface area contributed by atoms with Gasteiger partial charge in [0.15, 0.2) is 0 Å². The van der Waals surface area contributed by atoms with E-state index in [1.54, 1.807) is 12.1 Å². The lowest BCUT2D eigenvalue weighted by Gasteiger charge is -2.31. The van der Waals surface area contributed by atoms with Gasteiger partial charge in [-0.05, 0) is 31.2 Å². The Morgan fingerprint density at radius 1 is 1.20 bits per heavy atom. The molecule has 4 heteroatoms. The first kappa shape index (κ1) is 13.6. The minimum atomic E-state index is -0.349. The van der Waals surface area contributed by atoms with Crippen LogP contribution in [0.15, 0.2) is 40.9 Å². The summed E-state index contributed by atoms with van der Waals surface area (Å²) >= 11 is 3.37. The summed E-state index contributed by atoms with van der Waals surface area (Å²) in [4.78, 5) is 0. The Bertz CT molecular complexity index is 659. The fraction of sp³-hybridized carbons (Fsp3) is 0.250. The second kappa shape index (κ2) is 5.19. The monoisotopic (exact) mass is 335 g/mol. The van der Waals surface area contributed by atoms with Crippen molar-refractivity contribution in [3.63, 3.8) is 0 Å². The number of ether oxygens (including phenoxy) is 1. The molecule has 0 fully saturated rings. The minimum absolute atomic E-state index is 0.137. The Morgan fingerprint density at radius 2 is 2.00 bits per heavy atom. The van der Waals surface area contributed by atoms with Gasteiger partial charge in [-0.25, -0.2) is 4.39 Å². The van der Waals surface area contributed by atoms with E-state index in [2.05, 4.69) is 15.9 Å². The van der Waals surface area contributed by atoms with E-state index in [0.29, 0.717) is 12.0 Å². The van der Waals surface area contributed by atoms with Crippen LogP contribution < -0.4 is 10.5 Å². The maximum absolute atomic E-state index is 14.0. The third-order valence-electron chi connectivity index (χ3n) is 3.61. The molecule has 2 atom stereocenters. The first-order chi connectivity index (χ1) is 9.54. The highest BCUT2D eigenvalue weighted by Gasteiger charge is 2.28. The molecule has 1 unspecified atom stereocenters. The molecule has 0 amide bonds. The first-order valence-electron chi connectivity index (χ1n) is 6.52. The summed E-state index contributed by atoms with van der Waals surface area (Å²) in [6, 6.07) is 10.7. The number of fused-ring (bicyclic) bond motifs is 1. The van der Waals surface area contributed by atoms with E-state index in [4.69, 9.17) is 10.5 Å². The average molecular weight is 336 g/mol. The molecule has 2 nitrogen and oxygen atoms in total. The zero-order valence-corrected chi connectivity index (χ0v) is 12.7. The highest BCUT2D eigenvalue weighted by atomic mass is 79.9. The van der Waals surface area contributed by atoms with Crippen molar-refractivity contribution in [2.24, 2.45) is 5.73 Å². The van der Waals surface area contributed by atoms with Gasteiger partial charge in [-0.3, -0.25) is 0 Å². The Hall–Kier alpha value is -1.39. The normalized spacial score (nSPS) is 21.2. The number of rotatable bonds is 1. The van der Waals surface area contributed by atoms with Gasteiger partial charge in [0.05, 0.1) is 0 Å². The number of hydrogen-bond donors (Lipinski definition) is 1. The molecule has 2 aromatic carbocycles. The zero-order valence-electron chi connectivity index (χ0n) is 11.1. The molecule has 0 saturated heterocycles. The molecule has 0 spiro atoms. The average Bonchev–Trinajstić information content (AvgIpc) is 2.42. The lowest BCUT2D eigenvalue weighted by Crippen LogP contribution is -2.24. The Balaban J connectivity index is 1.99. The third-order valence-corrected chi connectivity index (χ3v) is 4.10. The van der Waals surface area contributed by atoms with Gasteiger partial charge in [0, 0.05) is 28.1 Å². The van der Waals surface area contributed by atoms with E-state index in [0.717, 1.165) is 21.3 Å². The van der Waals surface area contributed by atoms with Gasteiger partial charge in [-0.2, -0.15) is 0 Å². The van der Waals surface area contributed by atoms with Crippen LogP contribution in [0.5, 0.6) is 5.75 Å². The first-order valence-corrected chi connectivity index (χ1v) is 7.31. The van der Waals surface area contributed by atoms with E-state index in [9.17, 15) is 4.39 Å². The molecule has 0 aliphatic carbocycles. The van der Waals surface area contributed by atoms with Gasteiger partial charge >= 0.3 is 0 Å². The van der Waals surface area contributed by atoms with Crippen molar-refractivity contribution in [1.29, 1.82) is 0 Å². The van der Waals surface area contributed by atoms with Gasteiger partial charge in [0.2, 0.25) is 0 Å². The molecule has 1 aliphatic rings. The van der Waals surface area contributed by atoms with Crippen molar-refractivity contribution in [1.82, 2.24) is 0 Å². The van der Waals surface area contributed by atoms with E-state index in [1.807, 2.05) is 25.1 Å². The maximum atomic E-state index is 14.0.